The van der Waals surface area contributed by atoms with Gasteiger partial charge in [0, 0.05) is 11.1 Å². The topological polar surface area (TPSA) is 63.6 Å². The van der Waals surface area contributed by atoms with E-state index in [9.17, 15) is 14.7 Å². The highest BCUT2D eigenvalue weighted by atomic mass is 16.6. The molecule has 0 saturated heterocycles. The van der Waals surface area contributed by atoms with Gasteiger partial charge in [-0.25, -0.2) is 0 Å². The monoisotopic (exact) mass is 448 g/mol. The summed E-state index contributed by atoms with van der Waals surface area (Å²) in [6.45, 7) is 7.58. The molecule has 0 unspecified atom stereocenters. The van der Waals surface area contributed by atoms with Crippen LogP contribution in [0.15, 0.2) is 54.6 Å². The largest absolute Gasteiger partial charge is 0.481 e. The Balaban J connectivity index is 2.00. The maximum atomic E-state index is 12.7. The Bertz CT molecular complexity index is 943. The number of esters is 1. The molecule has 0 aliphatic carbocycles. The fraction of sp³-hybridized carbons (Fsp3) is 0.448. The van der Waals surface area contributed by atoms with Crippen molar-refractivity contribution in [1.82, 2.24) is 0 Å². The lowest BCUT2D eigenvalue weighted by molar-refractivity contribution is -0.161. The summed E-state index contributed by atoms with van der Waals surface area (Å²) in [5.74, 6) is 4.17. The fourth-order valence-electron chi connectivity index (χ4n) is 3.61. The second kappa shape index (κ2) is 12.8. The zero-order valence-electron chi connectivity index (χ0n) is 20.3. The standard InChI is InChI=1S/C29H36O4/c1-5-6-12-26(28(32)33-29(2,3)4)21-25(27(30)31)20-19-24-17-15-23(16-18-24)14-13-22-10-8-7-9-11-22/h7-11,15-18,25-26H,5-6,12,19-21H2,1-4H3,(H,30,31)/t25-,26+/m1/s1. The molecule has 2 atom stereocenters. The molecule has 2 rings (SSSR count). The van der Waals surface area contributed by atoms with E-state index in [1.54, 1.807) is 0 Å². The van der Waals surface area contributed by atoms with Gasteiger partial charge in [-0.1, -0.05) is 61.9 Å². The van der Waals surface area contributed by atoms with E-state index in [2.05, 4.69) is 18.8 Å². The number of rotatable bonds is 10. The van der Waals surface area contributed by atoms with Crippen molar-refractivity contribution in [3.05, 3.63) is 71.3 Å². The van der Waals surface area contributed by atoms with Crippen molar-refractivity contribution >= 4 is 11.9 Å². The van der Waals surface area contributed by atoms with Crippen LogP contribution in [0.3, 0.4) is 0 Å². The van der Waals surface area contributed by atoms with E-state index in [0.29, 0.717) is 25.7 Å². The Morgan fingerprint density at radius 1 is 0.909 bits per heavy atom. The van der Waals surface area contributed by atoms with Gasteiger partial charge < -0.3 is 9.84 Å². The molecule has 0 amide bonds. The predicted octanol–water partition coefficient (Wildman–Crippen LogP) is 6.26. The Morgan fingerprint density at radius 2 is 1.52 bits per heavy atom. The van der Waals surface area contributed by atoms with Crippen LogP contribution in [0.1, 0.15) is 76.5 Å². The van der Waals surface area contributed by atoms with Crippen LogP contribution in [0.25, 0.3) is 0 Å². The first-order valence-corrected chi connectivity index (χ1v) is 11.8. The number of aryl methyl sites for hydroxylation is 1. The first-order chi connectivity index (χ1) is 15.7. The van der Waals surface area contributed by atoms with E-state index in [1.807, 2.05) is 75.4 Å². The molecule has 176 valence electrons. The van der Waals surface area contributed by atoms with E-state index in [0.717, 1.165) is 29.5 Å². The minimum absolute atomic E-state index is 0.288. The summed E-state index contributed by atoms with van der Waals surface area (Å²) >= 11 is 0. The molecule has 0 bridgehead atoms. The maximum Gasteiger partial charge on any atom is 0.309 e. The molecule has 4 nitrogen and oxygen atoms in total. The number of ether oxygens (including phenoxy) is 1. The average molecular weight is 449 g/mol. The third-order valence-electron chi connectivity index (χ3n) is 5.42. The van der Waals surface area contributed by atoms with Crippen LogP contribution in [0.5, 0.6) is 0 Å². The number of carbonyl (C=O) groups excluding carboxylic acids is 1. The van der Waals surface area contributed by atoms with E-state index >= 15 is 0 Å². The second-order valence-corrected chi connectivity index (χ2v) is 9.50. The average Bonchev–Trinajstić information content (AvgIpc) is 2.77. The molecule has 33 heavy (non-hydrogen) atoms. The van der Waals surface area contributed by atoms with Gasteiger partial charge in [-0.2, -0.15) is 0 Å². The molecule has 1 N–H and O–H groups in total. The van der Waals surface area contributed by atoms with E-state index in [-0.39, 0.29) is 11.9 Å². The number of carbonyl (C=O) groups is 2. The zero-order chi connectivity index (χ0) is 24.3. The van der Waals surface area contributed by atoms with Gasteiger partial charge in [-0.05, 0) is 76.3 Å². The van der Waals surface area contributed by atoms with Crippen LogP contribution < -0.4 is 0 Å². The lowest BCUT2D eigenvalue weighted by atomic mass is 9.87. The lowest BCUT2D eigenvalue weighted by Gasteiger charge is -2.25. The van der Waals surface area contributed by atoms with E-state index in [1.165, 1.54) is 0 Å². The Hall–Kier alpha value is -3.06. The number of carboxylic acids is 1. The summed E-state index contributed by atoms with van der Waals surface area (Å²) in [6, 6.07) is 17.7. The van der Waals surface area contributed by atoms with Crippen molar-refractivity contribution in [1.29, 1.82) is 0 Å². The molecule has 4 heteroatoms. The number of hydrogen-bond donors (Lipinski definition) is 1. The number of carboxylic acid groups (broad SMARTS) is 1. The summed E-state index contributed by atoms with van der Waals surface area (Å²) in [7, 11) is 0. The van der Waals surface area contributed by atoms with E-state index < -0.39 is 17.5 Å². The SMILES string of the molecule is CCCC[C@@H](C[C@@H](CCc1ccc(C#Cc2ccccc2)cc1)C(=O)O)C(=O)OC(C)(C)C. The molecule has 0 saturated carbocycles. The van der Waals surface area contributed by atoms with Gasteiger partial charge in [0.05, 0.1) is 11.8 Å². The van der Waals surface area contributed by atoms with Crippen molar-refractivity contribution in [3.63, 3.8) is 0 Å². The van der Waals surface area contributed by atoms with Gasteiger partial charge in [-0.15, -0.1) is 0 Å². The third kappa shape index (κ3) is 9.95. The van der Waals surface area contributed by atoms with Crippen LogP contribution in [0.2, 0.25) is 0 Å². The number of hydrogen-bond acceptors (Lipinski definition) is 3. The number of benzene rings is 2. The summed E-state index contributed by atoms with van der Waals surface area (Å²) in [4.78, 5) is 24.6. The molecule has 0 heterocycles. The van der Waals surface area contributed by atoms with Crippen LogP contribution in [0.4, 0.5) is 0 Å². The quantitative estimate of drug-likeness (QED) is 0.344. The van der Waals surface area contributed by atoms with Crippen molar-refractivity contribution in [3.8, 4) is 11.8 Å². The summed E-state index contributed by atoms with van der Waals surface area (Å²) in [5.41, 5.74) is 2.37. The van der Waals surface area contributed by atoms with Gasteiger partial charge in [0.15, 0.2) is 0 Å². The highest BCUT2D eigenvalue weighted by Crippen LogP contribution is 2.26. The highest BCUT2D eigenvalue weighted by molar-refractivity contribution is 5.75. The predicted molar refractivity (Wildman–Crippen MR) is 132 cm³/mol. The molecule has 2 aromatic carbocycles. The van der Waals surface area contributed by atoms with Crippen molar-refractivity contribution in [2.24, 2.45) is 11.8 Å². The Morgan fingerprint density at radius 3 is 2.06 bits per heavy atom. The molecule has 0 fully saturated rings. The van der Waals surface area contributed by atoms with Crippen LogP contribution >= 0.6 is 0 Å². The second-order valence-electron chi connectivity index (χ2n) is 9.50. The fourth-order valence-corrected chi connectivity index (χ4v) is 3.61. The van der Waals surface area contributed by atoms with Gasteiger partial charge in [0.25, 0.3) is 0 Å². The number of unbranched alkanes of at least 4 members (excludes halogenated alkanes) is 1. The normalized spacial score (nSPS) is 12.8. The molecule has 0 aliphatic heterocycles. The van der Waals surface area contributed by atoms with Crippen molar-refractivity contribution in [2.75, 3.05) is 0 Å². The molecule has 0 aliphatic rings. The van der Waals surface area contributed by atoms with Gasteiger partial charge >= 0.3 is 11.9 Å². The van der Waals surface area contributed by atoms with Crippen LogP contribution in [-0.2, 0) is 20.7 Å². The molecule has 2 aromatic rings. The third-order valence-corrected chi connectivity index (χ3v) is 5.42. The van der Waals surface area contributed by atoms with Crippen LogP contribution in [-0.4, -0.2) is 22.6 Å². The maximum absolute atomic E-state index is 12.7. The first kappa shape index (κ1) is 26.2. The summed E-state index contributed by atoms with van der Waals surface area (Å²) < 4.78 is 5.56. The van der Waals surface area contributed by atoms with Gasteiger partial charge in [-0.3, -0.25) is 9.59 Å². The Labute approximate surface area is 198 Å². The minimum atomic E-state index is -0.856. The van der Waals surface area contributed by atoms with Crippen molar-refractivity contribution in [2.45, 2.75) is 71.8 Å². The molecule has 0 aromatic heterocycles. The zero-order valence-corrected chi connectivity index (χ0v) is 20.3. The first-order valence-electron chi connectivity index (χ1n) is 11.8. The van der Waals surface area contributed by atoms with Crippen molar-refractivity contribution < 1.29 is 19.4 Å². The molecular weight excluding hydrogens is 412 g/mol. The Kier molecular flexibility index (Phi) is 10.2. The molecule has 0 radical (unpaired) electrons. The van der Waals surface area contributed by atoms with E-state index in [4.69, 9.17) is 4.74 Å². The highest BCUT2D eigenvalue weighted by Gasteiger charge is 2.30. The minimum Gasteiger partial charge on any atom is -0.481 e. The lowest BCUT2D eigenvalue weighted by Crippen LogP contribution is -2.31. The molecule has 0 spiro atoms. The molecular formula is C29H36O4. The smallest absolute Gasteiger partial charge is 0.309 e. The van der Waals surface area contributed by atoms with Gasteiger partial charge in [0.2, 0.25) is 0 Å². The summed E-state index contributed by atoms with van der Waals surface area (Å²) in [6.07, 6.45) is 3.92. The number of aliphatic carboxylic acids is 1. The van der Waals surface area contributed by atoms with Gasteiger partial charge in [0.1, 0.15) is 5.60 Å². The summed E-state index contributed by atoms with van der Waals surface area (Å²) in [5, 5.41) is 9.79. The van der Waals surface area contributed by atoms with Crippen LogP contribution in [0, 0.1) is 23.7 Å².